The fourth-order valence-electron chi connectivity index (χ4n) is 4.82. The van der Waals surface area contributed by atoms with Crippen molar-refractivity contribution in [2.75, 3.05) is 37.4 Å². The minimum absolute atomic E-state index is 0.0477. The van der Waals surface area contributed by atoms with Gasteiger partial charge in [-0.15, -0.1) is 0 Å². The molecule has 0 amide bonds. The summed E-state index contributed by atoms with van der Waals surface area (Å²) < 4.78 is 1.71. The molecule has 8 heteroatoms. The first-order valence-electron chi connectivity index (χ1n) is 12.1. The molecule has 1 aliphatic heterocycles. The number of aliphatic hydroxyl groups excluding tert-OH is 1. The van der Waals surface area contributed by atoms with E-state index in [1.165, 1.54) is 18.4 Å². The summed E-state index contributed by atoms with van der Waals surface area (Å²) in [5.74, 6) is 1.84. The number of rotatable bonds is 7. The van der Waals surface area contributed by atoms with E-state index in [0.717, 1.165) is 52.3 Å². The Morgan fingerprint density at radius 3 is 2.66 bits per heavy atom. The number of aliphatic hydroxyl groups is 1. The number of hydrogen-bond donors (Lipinski definition) is 2. The van der Waals surface area contributed by atoms with Crippen molar-refractivity contribution < 1.29 is 5.11 Å². The van der Waals surface area contributed by atoms with Gasteiger partial charge in [-0.1, -0.05) is 12.1 Å². The first kappa shape index (κ1) is 23.3. The van der Waals surface area contributed by atoms with E-state index < -0.39 is 0 Å². The third-order valence-electron chi connectivity index (χ3n) is 7.12. The lowest BCUT2D eigenvalue weighted by atomic mass is 10.0. The average molecular weight is 472 g/mol. The average Bonchev–Trinajstić information content (AvgIpc) is 3.27. The zero-order valence-electron chi connectivity index (χ0n) is 20.6. The van der Waals surface area contributed by atoms with Crippen molar-refractivity contribution in [1.82, 2.24) is 24.6 Å². The Kier molecular flexibility index (Phi) is 6.66. The monoisotopic (exact) mass is 471 g/mol. The maximum atomic E-state index is 9.73. The summed E-state index contributed by atoms with van der Waals surface area (Å²) in [6.07, 6.45) is 7.92. The van der Waals surface area contributed by atoms with Gasteiger partial charge in [0, 0.05) is 50.0 Å². The van der Waals surface area contributed by atoms with Crippen molar-refractivity contribution in [2.24, 2.45) is 7.05 Å². The first-order chi connectivity index (χ1) is 17.0. The van der Waals surface area contributed by atoms with Crippen molar-refractivity contribution in [3.63, 3.8) is 0 Å². The van der Waals surface area contributed by atoms with Gasteiger partial charge in [-0.05, 0) is 73.8 Å². The van der Waals surface area contributed by atoms with Crippen LogP contribution < -0.4 is 10.2 Å². The number of nitrogens with zero attached hydrogens (tertiary/aromatic N) is 6. The Morgan fingerprint density at radius 1 is 1.03 bits per heavy atom. The summed E-state index contributed by atoms with van der Waals surface area (Å²) >= 11 is 0. The van der Waals surface area contributed by atoms with Gasteiger partial charge in [0.2, 0.25) is 0 Å². The maximum absolute atomic E-state index is 9.73. The molecule has 1 aliphatic rings. The van der Waals surface area contributed by atoms with E-state index in [4.69, 9.17) is 0 Å². The third kappa shape index (κ3) is 4.99. The van der Waals surface area contributed by atoms with Crippen LogP contribution in [-0.4, -0.2) is 63.0 Å². The van der Waals surface area contributed by atoms with Gasteiger partial charge in [-0.2, -0.15) is 5.10 Å². The molecule has 1 aromatic carbocycles. The summed E-state index contributed by atoms with van der Waals surface area (Å²) in [4.78, 5) is 13.9. The molecule has 4 aromatic rings. The number of likely N-dealkylation sites (tertiary alicyclic amines) is 1. The second-order valence-corrected chi connectivity index (χ2v) is 9.44. The van der Waals surface area contributed by atoms with E-state index in [0.29, 0.717) is 12.6 Å². The van der Waals surface area contributed by atoms with E-state index in [2.05, 4.69) is 74.6 Å². The SMILES string of the molecule is CN1CCC(N(C)c2cc(CNc3cc4cc(-c5cnn(C)c5CO)ccc4cn3)ccn2)CC1. The normalized spacial score (nSPS) is 15.0. The molecule has 2 N–H and O–H groups in total. The van der Waals surface area contributed by atoms with Crippen LogP contribution in [0.5, 0.6) is 0 Å². The molecule has 182 valence electrons. The van der Waals surface area contributed by atoms with Crippen LogP contribution in [0.25, 0.3) is 21.9 Å². The highest BCUT2D eigenvalue weighted by atomic mass is 16.3. The zero-order valence-corrected chi connectivity index (χ0v) is 20.6. The predicted molar refractivity (Wildman–Crippen MR) is 140 cm³/mol. The Labute approximate surface area is 206 Å². The second-order valence-electron chi connectivity index (χ2n) is 9.44. The Balaban J connectivity index is 1.30. The summed E-state index contributed by atoms with van der Waals surface area (Å²) in [5.41, 5.74) is 3.95. The topological polar surface area (TPSA) is 82.3 Å². The van der Waals surface area contributed by atoms with Crippen molar-refractivity contribution in [2.45, 2.75) is 32.0 Å². The summed E-state index contributed by atoms with van der Waals surface area (Å²) in [6, 6.07) is 13.1. The highest BCUT2D eigenvalue weighted by Crippen LogP contribution is 2.28. The lowest BCUT2D eigenvalue weighted by molar-refractivity contribution is 0.252. The molecule has 35 heavy (non-hydrogen) atoms. The van der Waals surface area contributed by atoms with Crippen molar-refractivity contribution >= 4 is 22.4 Å². The van der Waals surface area contributed by atoms with Crippen LogP contribution in [0.1, 0.15) is 24.1 Å². The summed E-state index contributed by atoms with van der Waals surface area (Å²) in [5, 5.41) is 19.7. The van der Waals surface area contributed by atoms with E-state index in [1.54, 1.807) is 10.9 Å². The number of aromatic nitrogens is 4. The van der Waals surface area contributed by atoms with Crippen molar-refractivity contribution in [3.8, 4) is 11.1 Å². The molecule has 4 heterocycles. The zero-order chi connectivity index (χ0) is 24.4. The molecular weight excluding hydrogens is 438 g/mol. The minimum Gasteiger partial charge on any atom is -0.390 e. The van der Waals surface area contributed by atoms with E-state index in [1.807, 2.05) is 25.5 Å². The van der Waals surface area contributed by atoms with E-state index in [9.17, 15) is 5.11 Å². The molecule has 0 aliphatic carbocycles. The number of anilines is 2. The third-order valence-corrected chi connectivity index (χ3v) is 7.12. The molecule has 1 saturated heterocycles. The maximum Gasteiger partial charge on any atom is 0.128 e. The lowest BCUT2D eigenvalue weighted by Crippen LogP contribution is -2.42. The number of pyridine rings is 2. The summed E-state index contributed by atoms with van der Waals surface area (Å²) in [6.45, 7) is 2.89. The highest BCUT2D eigenvalue weighted by molar-refractivity contribution is 5.88. The van der Waals surface area contributed by atoms with Gasteiger partial charge >= 0.3 is 0 Å². The van der Waals surface area contributed by atoms with Gasteiger partial charge in [0.25, 0.3) is 0 Å². The van der Waals surface area contributed by atoms with Gasteiger partial charge in [0.15, 0.2) is 0 Å². The van der Waals surface area contributed by atoms with Crippen LogP contribution in [0.2, 0.25) is 0 Å². The largest absolute Gasteiger partial charge is 0.390 e. The van der Waals surface area contributed by atoms with E-state index in [-0.39, 0.29) is 6.61 Å². The molecule has 5 rings (SSSR count). The van der Waals surface area contributed by atoms with Crippen LogP contribution in [0.3, 0.4) is 0 Å². The molecule has 8 nitrogen and oxygen atoms in total. The standard InChI is InChI=1S/C27H33N7O/c1-32-10-7-23(8-11-32)33(2)27-12-19(6-9-28-27)15-29-26-14-22-13-20(4-5-21(22)16-30-26)24-17-31-34(3)25(24)18-35/h4-6,9,12-14,16-17,23,35H,7-8,10-11,15,18H2,1-3H3,(H,29,30). The Hall–Kier alpha value is -3.49. The molecule has 0 unspecified atom stereocenters. The van der Waals surface area contributed by atoms with Gasteiger partial charge in [-0.3, -0.25) is 4.68 Å². The smallest absolute Gasteiger partial charge is 0.128 e. The number of aryl methyl sites for hydroxylation is 1. The number of nitrogens with one attached hydrogen (secondary N) is 1. The highest BCUT2D eigenvalue weighted by Gasteiger charge is 2.21. The first-order valence-corrected chi connectivity index (χ1v) is 12.1. The fourth-order valence-corrected chi connectivity index (χ4v) is 4.82. The van der Waals surface area contributed by atoms with Gasteiger partial charge in [0.1, 0.15) is 11.6 Å². The predicted octanol–water partition coefficient (Wildman–Crippen LogP) is 3.67. The van der Waals surface area contributed by atoms with Crippen molar-refractivity contribution in [3.05, 3.63) is 66.2 Å². The van der Waals surface area contributed by atoms with Gasteiger partial charge in [0.05, 0.1) is 18.5 Å². The minimum atomic E-state index is -0.0477. The number of benzene rings is 1. The molecule has 0 saturated carbocycles. The van der Waals surface area contributed by atoms with Crippen LogP contribution >= 0.6 is 0 Å². The van der Waals surface area contributed by atoms with Crippen LogP contribution in [0, 0.1) is 0 Å². The number of hydrogen-bond acceptors (Lipinski definition) is 7. The Morgan fingerprint density at radius 2 is 1.86 bits per heavy atom. The van der Waals surface area contributed by atoms with Crippen LogP contribution in [-0.2, 0) is 20.2 Å². The quantitative estimate of drug-likeness (QED) is 0.426. The van der Waals surface area contributed by atoms with Gasteiger partial charge < -0.3 is 20.2 Å². The number of fused-ring (bicyclic) bond motifs is 1. The van der Waals surface area contributed by atoms with Gasteiger partial charge in [-0.25, -0.2) is 9.97 Å². The fraction of sp³-hybridized carbons (Fsp3) is 0.370. The number of piperidine rings is 1. The molecule has 0 spiro atoms. The molecule has 0 bridgehead atoms. The molecule has 1 fully saturated rings. The second kappa shape index (κ2) is 10.0. The molecule has 0 radical (unpaired) electrons. The van der Waals surface area contributed by atoms with Crippen LogP contribution in [0.4, 0.5) is 11.6 Å². The summed E-state index contributed by atoms with van der Waals surface area (Å²) in [7, 11) is 6.19. The van der Waals surface area contributed by atoms with Crippen molar-refractivity contribution in [1.29, 1.82) is 0 Å². The molecular formula is C27H33N7O. The molecule has 0 atom stereocenters. The van der Waals surface area contributed by atoms with E-state index >= 15 is 0 Å². The lowest BCUT2D eigenvalue weighted by Gasteiger charge is -2.35. The van der Waals surface area contributed by atoms with Crippen LogP contribution in [0.15, 0.2) is 55.0 Å². The molecule has 3 aromatic heterocycles. The Bertz CT molecular complexity index is 1310.